The average molecular weight is 755 g/mol. The Labute approximate surface area is 317 Å². The number of hydrazine groups is 1. The Morgan fingerprint density at radius 2 is 1.31 bits per heavy atom. The van der Waals surface area contributed by atoms with E-state index in [9.17, 15) is 24.3 Å². The zero-order valence-corrected chi connectivity index (χ0v) is 30.9. The molecule has 0 saturated carbocycles. The van der Waals surface area contributed by atoms with Crippen molar-refractivity contribution >= 4 is 47.6 Å². The lowest BCUT2D eigenvalue weighted by Crippen LogP contribution is -2.60. The van der Waals surface area contributed by atoms with Gasteiger partial charge in [0.25, 0.3) is 23.9 Å². The lowest BCUT2D eigenvalue weighted by Gasteiger charge is -2.35. The maximum Gasteiger partial charge on any atom is 0.266 e. The van der Waals surface area contributed by atoms with Gasteiger partial charge in [-0.05, 0) is 34.1 Å². The monoisotopic (exact) mass is 755 g/mol. The molecule has 2 aromatic rings. The van der Waals surface area contributed by atoms with Crippen LogP contribution in [0.25, 0.3) is 0 Å². The molecule has 0 unspecified atom stereocenters. The Morgan fingerprint density at radius 1 is 0.852 bits per heavy atom. The van der Waals surface area contributed by atoms with E-state index in [1.54, 1.807) is 27.7 Å². The Balaban J connectivity index is 2.20. The molecule has 0 atom stereocenters. The van der Waals surface area contributed by atoms with E-state index in [1.807, 2.05) is 0 Å². The highest BCUT2D eigenvalue weighted by Crippen LogP contribution is 2.19. The molecule has 2 rings (SSSR count). The van der Waals surface area contributed by atoms with Crippen molar-refractivity contribution in [1.29, 1.82) is 0 Å². The van der Waals surface area contributed by atoms with Crippen LogP contribution in [0.1, 0.15) is 51.9 Å². The highest BCUT2D eigenvalue weighted by atomic mass is 16.5. The quantitative estimate of drug-likeness (QED) is 0.0269. The summed E-state index contributed by atoms with van der Waals surface area (Å²) in [7, 11) is 16.3. The van der Waals surface area contributed by atoms with Crippen LogP contribution in [0, 0.1) is 0 Å². The van der Waals surface area contributed by atoms with Crippen LogP contribution < -0.4 is 32.8 Å². The van der Waals surface area contributed by atoms with Crippen molar-refractivity contribution in [3.05, 3.63) is 35.7 Å². The number of carbonyl (C=O) groups is 4. The van der Waals surface area contributed by atoms with Crippen molar-refractivity contribution in [1.82, 2.24) is 56.0 Å². The first kappa shape index (κ1) is 45.6. The molecule has 0 aliphatic carbocycles. The Morgan fingerprint density at radius 3 is 1.72 bits per heavy atom. The molecule has 0 aromatic carbocycles. The second-order valence-corrected chi connectivity index (χ2v) is 13.5. The number of hydrogen-bond donors (Lipinski definition) is 7. The van der Waals surface area contributed by atoms with Gasteiger partial charge >= 0.3 is 0 Å². The van der Waals surface area contributed by atoms with E-state index in [0.29, 0.717) is 17.8 Å². The number of rotatable bonds is 26. The highest BCUT2D eigenvalue weighted by Gasteiger charge is 2.36. The summed E-state index contributed by atoms with van der Waals surface area (Å²) in [4.78, 5) is 52.1. The first-order chi connectivity index (χ1) is 25.2. The molecule has 0 aliphatic rings. The average Bonchev–Trinajstić information content (AvgIpc) is 3.67. The molecular formula is C29H48B3N13O9. The van der Waals surface area contributed by atoms with Crippen molar-refractivity contribution in [3.63, 3.8) is 0 Å². The molecule has 54 heavy (non-hydrogen) atoms. The molecule has 4 amide bonds. The van der Waals surface area contributed by atoms with E-state index in [2.05, 4.69) is 41.9 Å². The highest BCUT2D eigenvalue weighted by molar-refractivity contribution is 6.05. The van der Waals surface area contributed by atoms with Crippen molar-refractivity contribution < 1.29 is 43.2 Å². The fourth-order valence-corrected chi connectivity index (χ4v) is 4.36. The number of nitrogens with zero attached hydrogens (tertiary/aromatic N) is 7. The third kappa shape index (κ3) is 20.1. The van der Waals surface area contributed by atoms with E-state index in [0.717, 1.165) is 14.1 Å². The van der Waals surface area contributed by atoms with Gasteiger partial charge in [0.05, 0.1) is 63.7 Å². The summed E-state index contributed by atoms with van der Waals surface area (Å²) < 4.78 is 25.0. The molecule has 2 heterocycles. The Bertz CT molecular complexity index is 1470. The van der Waals surface area contributed by atoms with Gasteiger partial charge < -0.3 is 65.2 Å². The lowest BCUT2D eigenvalue weighted by atomic mass is 9.99. The number of hydrogen-bond acceptors (Lipinski definition) is 16. The van der Waals surface area contributed by atoms with Crippen LogP contribution >= 0.6 is 0 Å². The third-order valence-electron chi connectivity index (χ3n) is 6.89. The molecule has 0 fully saturated rings. The van der Waals surface area contributed by atoms with Crippen LogP contribution in [0.3, 0.4) is 0 Å². The van der Waals surface area contributed by atoms with E-state index >= 15 is 0 Å². The summed E-state index contributed by atoms with van der Waals surface area (Å²) in [6.45, 7) is 4.14. The van der Waals surface area contributed by atoms with Crippen LogP contribution in [0.2, 0.25) is 0 Å². The number of aromatic nitrogens is 6. The molecule has 22 nitrogen and oxygen atoms in total. The lowest BCUT2D eigenvalue weighted by molar-refractivity contribution is -0.137. The smallest absolute Gasteiger partial charge is 0.266 e. The van der Waals surface area contributed by atoms with E-state index < -0.39 is 60.2 Å². The summed E-state index contributed by atoms with van der Waals surface area (Å²) >= 11 is 0. The Hall–Kier alpha value is -4.55. The molecule has 0 spiro atoms. The molecule has 25 heteroatoms. The molecule has 0 bridgehead atoms. The molecule has 9 N–H and O–H groups in total. The number of aliphatic hydroxyl groups is 1. The van der Waals surface area contributed by atoms with Crippen LogP contribution in [0.5, 0.6) is 0 Å². The van der Waals surface area contributed by atoms with Gasteiger partial charge in [-0.15, -0.1) is 10.2 Å². The van der Waals surface area contributed by atoms with Gasteiger partial charge in [0.2, 0.25) is 23.6 Å². The van der Waals surface area contributed by atoms with E-state index in [1.165, 1.54) is 18.6 Å². The first-order valence-electron chi connectivity index (χ1n) is 16.5. The van der Waals surface area contributed by atoms with Crippen molar-refractivity contribution in [2.75, 3.05) is 52.8 Å². The molecular weight excluding hydrogens is 707 g/mol. The predicted molar refractivity (Wildman–Crippen MR) is 192 cm³/mol. The summed E-state index contributed by atoms with van der Waals surface area (Å²) in [6.07, 6.45) is 4.17. The third-order valence-corrected chi connectivity index (χ3v) is 6.89. The van der Waals surface area contributed by atoms with Crippen LogP contribution in [-0.4, -0.2) is 157 Å². The Kier molecular flexibility index (Phi) is 18.6. The fraction of sp³-hybridized carbons (Fsp3) is 0.655. The van der Waals surface area contributed by atoms with E-state index in [-0.39, 0.29) is 58.2 Å². The molecule has 6 radical (unpaired) electrons. The van der Waals surface area contributed by atoms with Crippen molar-refractivity contribution in [3.8, 4) is 0 Å². The standard InChI is InChI=1S/C29H48B3N13O9/c1-27(2,50)5-6-54-28(3,4)7-23(46)38-29(17-51-14-24(47)35-8-20(33)11-43(30)34,18-52-15-25(48)36-9-21-12-44(31)41-39-21)19-53-16-26(49)37-10-22-13-45(32)42-40-22/h11-13,50H,5-10,14-19,33-34H2,1-4H3,(H,35,47)(H,36,48)(H,37,49)(H,38,46)/b20-11-. The molecule has 0 saturated heterocycles. The number of carbonyl (C=O) groups excluding carboxylic acids is 4. The van der Waals surface area contributed by atoms with Gasteiger partial charge in [0.1, 0.15) is 36.7 Å². The minimum Gasteiger partial charge on any atom is -0.399 e. The summed E-state index contributed by atoms with van der Waals surface area (Å²) in [5.41, 5.74) is 3.17. The topological polar surface area (TPSA) is 290 Å². The van der Waals surface area contributed by atoms with Crippen LogP contribution in [-0.2, 0) is 51.2 Å². The van der Waals surface area contributed by atoms with Crippen LogP contribution in [0.4, 0.5) is 0 Å². The van der Waals surface area contributed by atoms with Gasteiger partial charge in [0.15, 0.2) is 0 Å². The first-order valence-corrected chi connectivity index (χ1v) is 16.5. The predicted octanol–water partition coefficient (Wildman–Crippen LogP) is -4.91. The summed E-state index contributed by atoms with van der Waals surface area (Å²) in [6, 6.07) is 0. The maximum atomic E-state index is 13.6. The fourth-order valence-electron chi connectivity index (χ4n) is 4.36. The second kappa shape index (κ2) is 22.0. The minimum atomic E-state index is -1.57. The zero-order chi connectivity index (χ0) is 40.4. The van der Waals surface area contributed by atoms with Gasteiger partial charge in [-0.25, -0.2) is 0 Å². The van der Waals surface area contributed by atoms with Gasteiger partial charge in [-0.2, -0.15) is 0 Å². The maximum absolute atomic E-state index is 13.6. The number of nitrogens with one attached hydrogen (secondary N) is 4. The van der Waals surface area contributed by atoms with Crippen molar-refractivity contribution in [2.45, 2.75) is 70.4 Å². The number of nitrogens with two attached hydrogens (primary N) is 2. The van der Waals surface area contributed by atoms with Crippen molar-refractivity contribution in [2.24, 2.45) is 11.6 Å². The minimum absolute atomic E-state index is 0.0101. The normalized spacial score (nSPS) is 12.3. The largest absolute Gasteiger partial charge is 0.399 e. The van der Waals surface area contributed by atoms with Gasteiger partial charge in [-0.1, -0.05) is 10.4 Å². The van der Waals surface area contributed by atoms with Gasteiger partial charge in [-0.3, -0.25) is 25.0 Å². The number of amides is 4. The van der Waals surface area contributed by atoms with Gasteiger partial charge in [0, 0.05) is 24.3 Å². The second-order valence-electron chi connectivity index (χ2n) is 13.5. The molecule has 2 aromatic heterocycles. The zero-order valence-electron chi connectivity index (χ0n) is 30.9. The molecule has 292 valence electrons. The number of ether oxygens (including phenoxy) is 4. The van der Waals surface area contributed by atoms with E-state index in [4.69, 9.17) is 54.5 Å². The van der Waals surface area contributed by atoms with Crippen LogP contribution in [0.15, 0.2) is 24.3 Å². The molecule has 0 aliphatic heterocycles. The summed E-state index contributed by atoms with van der Waals surface area (Å²) in [5.74, 6) is 3.11. The SMILES string of the molecule is [B]N(N)/C=C(\N)CNC(=O)COCC(COCC(=O)NCc1cn([B])nn1)(COCC(=O)NCc1cn([B])nn1)NC(=O)CC(C)(C)OCCC(C)(C)O. The summed E-state index contributed by atoms with van der Waals surface area (Å²) in [5, 5.41) is 35.4.